The smallest absolute Gasteiger partial charge is 0.348 e. The quantitative estimate of drug-likeness (QED) is 0.0213. The van der Waals surface area contributed by atoms with Crippen LogP contribution in [0, 0.1) is 17.2 Å². The zero-order valence-electron chi connectivity index (χ0n) is 78.7. The number of hydrogen-bond acceptors (Lipinski definition) is 26. The third kappa shape index (κ3) is 22.6. The highest BCUT2D eigenvalue weighted by atomic mass is 79.9. The van der Waals surface area contributed by atoms with Crippen molar-refractivity contribution in [2.45, 2.75) is 73.6 Å². The van der Waals surface area contributed by atoms with Gasteiger partial charge in [0.25, 0.3) is 45.9 Å². The van der Waals surface area contributed by atoms with Crippen molar-refractivity contribution in [1.29, 1.82) is 0 Å². The van der Waals surface area contributed by atoms with E-state index in [1.54, 1.807) is 118 Å². The van der Waals surface area contributed by atoms with Gasteiger partial charge in [0, 0.05) is 53.3 Å². The maximum absolute atomic E-state index is 13.9. The van der Waals surface area contributed by atoms with Gasteiger partial charge in [-0.1, -0.05) is 129 Å². The SMILES string of the molecule is CC(C)(C)CCn1c(=O)c(C2=NP(=O)(O)c3cc(OCC(N)=O)ccc3N2)c(O)c2ccccc21.CC(C)CCn1c(=O)c(C2=NP(=O)(O)c3cc(OCC(N)=O)ccc3N2)c(O)c2ccccc21.COP1(=O)N=C(c2c(O)c3ccccc3n(Cc3ccc(F)c(Cl)c3)c2=O)Nc2ccc(OCC(N)=O)cc21.COP1(=O)N=C(c2c(O)c3ccccc3n(Cc3cccc(Br)c3)c2=O)Nc2ccc(OCC(N)=O)cc21. The Hall–Kier alpha value is -15.3. The number of rotatable bonds is 27. The molecule has 0 saturated heterocycles. The van der Waals surface area contributed by atoms with E-state index in [2.05, 4.69) is 77.0 Å². The highest BCUT2D eigenvalue weighted by Gasteiger charge is 2.41. The molecule has 146 heavy (non-hydrogen) atoms. The first-order valence-electron chi connectivity index (χ1n) is 44.5. The van der Waals surface area contributed by atoms with Crippen LogP contribution in [0.3, 0.4) is 0 Å². The van der Waals surface area contributed by atoms with Crippen LogP contribution in [0.15, 0.2) is 255 Å². The number of carbonyl (C=O) groups is 4. The van der Waals surface area contributed by atoms with Crippen LogP contribution >= 0.6 is 57.6 Å². The fraction of sp³-hybridized carbons (Fsp3) is 0.192. The number of benzene rings is 10. The highest BCUT2D eigenvalue weighted by Crippen LogP contribution is 2.55. The van der Waals surface area contributed by atoms with Gasteiger partial charge < -0.3 is 121 Å². The Bertz CT molecular complexity index is 8340. The number of amidine groups is 4. The lowest BCUT2D eigenvalue weighted by molar-refractivity contribution is -0.120. The summed E-state index contributed by atoms with van der Waals surface area (Å²) >= 11 is 9.41. The molecule has 4 atom stereocenters. The number of para-hydroxylation sites is 4. The molecule has 0 fully saturated rings. The number of halogens is 3. The van der Waals surface area contributed by atoms with E-state index in [4.69, 9.17) is 62.5 Å². The minimum atomic E-state index is -4.36. The molecule has 18 rings (SSSR count). The fourth-order valence-corrected chi connectivity index (χ4v) is 22.4. The maximum atomic E-state index is 13.9. The molecular formula is C99H95BrClFN16O24P4. The first-order valence-corrected chi connectivity index (χ1v) is 52.1. The Morgan fingerprint density at radius 3 is 1.05 bits per heavy atom. The summed E-state index contributed by atoms with van der Waals surface area (Å²) < 4.78 is 123. The zero-order valence-corrected chi connectivity index (χ0v) is 84.6. The van der Waals surface area contributed by atoms with E-state index in [0.717, 1.165) is 16.5 Å². The van der Waals surface area contributed by atoms with Crippen molar-refractivity contribution in [2.75, 3.05) is 61.9 Å². The van der Waals surface area contributed by atoms with Gasteiger partial charge in [-0.3, -0.25) is 56.6 Å². The third-order valence-corrected chi connectivity index (χ3v) is 30.8. The summed E-state index contributed by atoms with van der Waals surface area (Å²) in [6, 6.07) is 56.6. The normalized spacial score (nSPS) is 16.8. The number of carbonyl (C=O) groups excluding carboxylic acids is 4. The van der Waals surface area contributed by atoms with Crippen LogP contribution < -0.4 is 107 Å². The van der Waals surface area contributed by atoms with Crippen molar-refractivity contribution in [1.82, 2.24) is 18.3 Å². The molecule has 18 N–H and O–H groups in total. The monoisotopic (exact) mass is 2150 g/mol. The van der Waals surface area contributed by atoms with Crippen molar-refractivity contribution in [3.8, 4) is 46.0 Å². The Balaban J connectivity index is 0.000000146. The molecule has 4 aromatic heterocycles. The highest BCUT2D eigenvalue weighted by molar-refractivity contribution is 9.10. The molecule has 14 aromatic rings. The Morgan fingerprint density at radius 1 is 0.418 bits per heavy atom. The van der Waals surface area contributed by atoms with Gasteiger partial charge in [-0.15, -0.1) is 0 Å². The standard InChI is InChI=1S/C26H22BrN4O6P.C26H21ClFN4O6P.C24H27N4O6P.C23H25N4O6P/c1-36-38(35)21-12-17(37-14-22(28)32)9-10-19(21)29-25(30-38)23-24(33)18-7-2-3-8-20(18)31(26(23)34)13-15-5-4-6-16(27)11-15;1-37-39(36)21-11-15(38-13-22(29)33)7-9-19(21)30-25(31-39)23-24(34)16-4-2-3-5-20(16)32(26(23)35)12-14-6-8-18(28)17(27)10-14;1-24(2,3)10-11-28-17-7-5-4-6-15(17)21(30)20(23(28)31)22-26-16-9-8-14(34-13-19(25)29)12-18(16)35(32,33)27-22;1-13(2)9-10-27-17-6-4-3-5-15(17)21(29)20(23(27)30)22-25-16-8-7-14(33-12-19(24)28)11-18(16)34(31,32)26-22/h2-12,33H,13-14H2,1H3,(H2,28,32)(H,29,30,35);2-11,34H,12-13H2,1H3,(H2,29,33)(H,30,31,36);4-9,12,30H,10-11,13H2,1-3H3,(H2,25,29)(H2,26,27,32,33);3-8,11,13,29H,9-10,12H2,1-2H3,(H2,24,28)(H2,25,26,31,32). The maximum Gasteiger partial charge on any atom is 0.348 e. The lowest BCUT2D eigenvalue weighted by Crippen LogP contribution is -2.34. The summed E-state index contributed by atoms with van der Waals surface area (Å²) in [6.45, 7) is 9.76. The van der Waals surface area contributed by atoms with Crippen LogP contribution in [-0.2, 0) is 72.7 Å². The molecule has 756 valence electrons. The topological polar surface area (TPSA) is 603 Å². The predicted molar refractivity (Wildman–Crippen MR) is 559 cm³/mol. The number of primary amides is 4. The minimum Gasteiger partial charge on any atom is -0.506 e. The van der Waals surface area contributed by atoms with Crippen molar-refractivity contribution >= 4 is 192 Å². The second kappa shape index (κ2) is 42.9. The summed E-state index contributed by atoms with van der Waals surface area (Å²) in [5.41, 5.74) is 21.9. The number of aromatic hydroxyl groups is 4. The number of pyridine rings is 4. The second-order valence-electron chi connectivity index (χ2n) is 35.1. The lowest BCUT2D eigenvalue weighted by Gasteiger charge is -2.25. The molecular weight excluding hydrogens is 2060 g/mol. The van der Waals surface area contributed by atoms with Gasteiger partial charge in [0.2, 0.25) is 0 Å². The molecule has 0 aliphatic carbocycles. The molecule has 8 heterocycles. The molecule has 4 unspecified atom stereocenters. The van der Waals surface area contributed by atoms with Crippen LogP contribution in [-0.4, -0.2) is 136 Å². The fourth-order valence-electron chi connectivity index (χ4n) is 16.1. The molecule has 4 aliphatic rings. The van der Waals surface area contributed by atoms with Crippen molar-refractivity contribution in [2.24, 2.45) is 53.3 Å². The first kappa shape index (κ1) is 105. The molecule has 0 radical (unpaired) electrons. The van der Waals surface area contributed by atoms with E-state index in [9.17, 15) is 91.2 Å². The lowest BCUT2D eigenvalue weighted by atomic mass is 9.92. The Labute approximate surface area is 842 Å². The number of nitrogens with zero attached hydrogens (tertiary/aromatic N) is 8. The summed E-state index contributed by atoms with van der Waals surface area (Å²) in [7, 11) is -14.1. The summed E-state index contributed by atoms with van der Waals surface area (Å²) in [5.74, 6) is -4.20. The number of anilines is 4. The largest absolute Gasteiger partial charge is 0.506 e. The van der Waals surface area contributed by atoms with Crippen LogP contribution in [0.25, 0.3) is 43.6 Å². The van der Waals surface area contributed by atoms with Crippen molar-refractivity contribution < 1.29 is 100 Å². The van der Waals surface area contributed by atoms with E-state index < -0.39 is 95.0 Å². The second-order valence-corrected chi connectivity index (χ2v) is 44.1. The van der Waals surface area contributed by atoms with Gasteiger partial charge in [-0.25, -0.2) is 4.39 Å². The zero-order chi connectivity index (χ0) is 105. The predicted octanol–water partition coefficient (Wildman–Crippen LogP) is 12.5. The number of nitrogens with two attached hydrogens (primary N) is 4. The van der Waals surface area contributed by atoms with Crippen LogP contribution in [0.2, 0.25) is 5.02 Å². The summed E-state index contributed by atoms with van der Waals surface area (Å²) in [4.78, 5) is 120. The molecule has 40 nitrogen and oxygen atoms in total. The number of fused-ring (bicyclic) bond motifs is 8. The van der Waals surface area contributed by atoms with Crippen LogP contribution in [0.1, 0.15) is 80.8 Å². The van der Waals surface area contributed by atoms with Gasteiger partial charge in [0.05, 0.1) is 84.1 Å². The number of nitrogens with one attached hydrogen (secondary N) is 4. The number of aromatic nitrogens is 4. The first-order chi connectivity index (χ1) is 69.3. The Kier molecular flexibility index (Phi) is 30.8. The van der Waals surface area contributed by atoms with Gasteiger partial charge in [-0.05, 0) is 181 Å². The van der Waals surface area contributed by atoms with E-state index in [1.165, 1.54) is 102 Å². The van der Waals surface area contributed by atoms with E-state index in [-0.39, 0.29) is 161 Å². The Morgan fingerprint density at radius 2 is 0.726 bits per heavy atom. The van der Waals surface area contributed by atoms with E-state index in [1.807, 2.05) is 38.1 Å². The van der Waals surface area contributed by atoms with Gasteiger partial charge in [-0.2, -0.15) is 19.1 Å². The molecule has 4 amide bonds. The molecule has 4 aliphatic heterocycles. The van der Waals surface area contributed by atoms with Crippen molar-refractivity contribution in [3.05, 3.63) is 302 Å². The van der Waals surface area contributed by atoms with Crippen molar-refractivity contribution in [3.63, 3.8) is 0 Å². The third-order valence-electron chi connectivity index (χ3n) is 23.2. The summed E-state index contributed by atoms with van der Waals surface area (Å²) in [5, 5.41) is 58.0. The number of amides is 4. The van der Waals surface area contributed by atoms with Crippen LogP contribution in [0.4, 0.5) is 27.1 Å². The van der Waals surface area contributed by atoms with E-state index >= 15 is 0 Å². The molecule has 0 bridgehead atoms. The molecule has 47 heteroatoms. The van der Waals surface area contributed by atoms with Gasteiger partial charge in [0.15, 0.2) is 49.8 Å². The summed E-state index contributed by atoms with van der Waals surface area (Å²) in [6.07, 6.45) is 1.42. The number of hydrogen-bond donors (Lipinski definition) is 14. The molecule has 0 saturated carbocycles. The molecule has 0 spiro atoms. The number of aryl methyl sites for hydroxylation is 2. The number of ether oxygens (including phenoxy) is 4. The average molecular weight is 2150 g/mol. The molecule has 10 aromatic carbocycles. The van der Waals surface area contributed by atoms with Gasteiger partial charge >= 0.3 is 30.1 Å². The van der Waals surface area contributed by atoms with Crippen LogP contribution in [0.5, 0.6) is 46.0 Å². The van der Waals surface area contributed by atoms with E-state index in [0.29, 0.717) is 86.0 Å². The minimum absolute atomic E-state index is 0.000998. The average Bonchev–Trinajstić information content (AvgIpc) is 0.738. The van der Waals surface area contributed by atoms with Gasteiger partial charge in [0.1, 0.15) is 74.1 Å².